The minimum atomic E-state index is -4.22. The van der Waals surface area contributed by atoms with Gasteiger partial charge in [-0.1, -0.05) is 106 Å². The van der Waals surface area contributed by atoms with Crippen LogP contribution in [0.15, 0.2) is 121 Å². The fourth-order valence-electron chi connectivity index (χ4n) is 19.4. The lowest BCUT2D eigenvalue weighted by Gasteiger charge is -2.41. The fraction of sp³-hybridized carbons (Fsp3) is 0.613. The van der Waals surface area contributed by atoms with Gasteiger partial charge in [0.1, 0.15) is 120 Å². The lowest BCUT2D eigenvalue weighted by atomic mass is 9.88. The number of carbonyl (C=O) groups excluding carboxylic acids is 1. The smallest absolute Gasteiger partial charge is 0.401 e. The Morgan fingerprint density at radius 2 is 0.741 bits per heavy atom. The average molecular weight is 1990 g/mol. The topological polar surface area (TPSA) is 374 Å². The number of anilines is 7. The Balaban J connectivity index is 0.000000171. The highest BCUT2D eigenvalue weighted by Gasteiger charge is 2.38. The molecule has 3 saturated carbocycles. The number of carbonyl (C=O) groups is 1. The number of piperidine rings is 1. The maximum Gasteiger partial charge on any atom is 0.401 e. The van der Waals surface area contributed by atoms with Gasteiger partial charge in [-0.25, -0.2) is 39.9 Å². The first kappa shape index (κ1) is 112. The number of rotatable bonds is 40. The number of ether oxygens (including phenoxy) is 6. The molecule has 4 unspecified atom stereocenters. The second-order valence-corrected chi connectivity index (χ2v) is 39.2. The Labute approximate surface area is 843 Å². The molecule has 786 valence electrons. The second-order valence-electron chi connectivity index (χ2n) is 39.2. The number of aromatic nitrogens is 8. The monoisotopic (exact) mass is 1990 g/mol. The summed E-state index contributed by atoms with van der Waals surface area (Å²) in [6.45, 7) is 9.08. The van der Waals surface area contributed by atoms with Crippen LogP contribution in [0.3, 0.4) is 0 Å². The van der Waals surface area contributed by atoms with Crippen LogP contribution in [-0.4, -0.2) is 361 Å². The second kappa shape index (κ2) is 55.9. The van der Waals surface area contributed by atoms with E-state index >= 15 is 0 Å². The van der Waals surface area contributed by atoms with E-state index < -0.39 is 42.7 Å². The summed E-state index contributed by atoms with van der Waals surface area (Å²) in [5, 5.41) is 71.8. The summed E-state index contributed by atoms with van der Waals surface area (Å²) in [7, 11) is 21.1. The van der Waals surface area contributed by atoms with Gasteiger partial charge in [-0.2, -0.15) is 13.2 Å². The number of likely N-dealkylation sites (N-methyl/N-ethyl adjacent to an activating group) is 4. The molecule has 4 saturated heterocycles. The molecule has 10 N–H and O–H groups in total. The van der Waals surface area contributed by atoms with Gasteiger partial charge >= 0.3 is 6.18 Å². The van der Waals surface area contributed by atoms with E-state index in [4.69, 9.17) is 63.3 Å². The molecule has 143 heavy (non-hydrogen) atoms. The van der Waals surface area contributed by atoms with Gasteiger partial charge in [-0.05, 0) is 167 Å². The third kappa shape index (κ3) is 33.9. The highest BCUT2D eigenvalue weighted by Crippen LogP contribution is 2.39. The maximum absolute atomic E-state index is 13.1. The molecule has 0 spiro atoms. The minimum absolute atomic E-state index is 0.00508. The summed E-state index contributed by atoms with van der Waals surface area (Å²) in [6.07, 6.45) is 17.1. The van der Waals surface area contributed by atoms with Gasteiger partial charge in [-0.3, -0.25) is 9.69 Å². The van der Waals surface area contributed by atoms with E-state index in [0.29, 0.717) is 166 Å². The molecule has 8 heterocycles. The number of halogens is 3. The third-order valence-corrected chi connectivity index (χ3v) is 28.1. The Bertz CT molecular complexity index is 5100. The van der Waals surface area contributed by atoms with E-state index in [9.17, 15) is 48.6 Å². The zero-order chi connectivity index (χ0) is 102. The summed E-state index contributed by atoms with van der Waals surface area (Å²) in [5.74, 6) is 10.6. The summed E-state index contributed by atoms with van der Waals surface area (Å²) in [5.41, 5.74) is 2.80. The number of amides is 1. The molecule has 4 aliphatic heterocycles. The molecule has 8 aromatic rings. The Morgan fingerprint density at radius 3 is 1.06 bits per heavy atom. The van der Waals surface area contributed by atoms with E-state index in [1.807, 2.05) is 124 Å². The number of hydrogen-bond donors (Lipinski definition) is 10. The summed E-state index contributed by atoms with van der Waals surface area (Å²) in [4.78, 5) is 70.4. The van der Waals surface area contributed by atoms with Crippen molar-refractivity contribution in [2.75, 3.05) is 237 Å². The van der Waals surface area contributed by atoms with E-state index in [2.05, 4.69) is 101 Å². The van der Waals surface area contributed by atoms with Crippen molar-refractivity contribution >= 4 is 46.6 Å². The van der Waals surface area contributed by atoms with Gasteiger partial charge in [-0.15, -0.1) is 0 Å². The highest BCUT2D eigenvalue weighted by atomic mass is 19.4. The molecular formula is C106H158F3N21O13. The van der Waals surface area contributed by atoms with E-state index in [-0.39, 0.29) is 51.0 Å². The van der Waals surface area contributed by atoms with Crippen molar-refractivity contribution in [2.24, 2.45) is 0 Å². The maximum atomic E-state index is 13.1. The van der Waals surface area contributed by atoms with Gasteiger partial charge in [0.2, 0.25) is 0 Å². The zero-order valence-corrected chi connectivity index (χ0v) is 86.1. The van der Waals surface area contributed by atoms with Crippen molar-refractivity contribution < 1.29 is 77.0 Å². The number of nitrogens with zero attached hydrogens (tertiary/aromatic N) is 17. The number of aliphatic hydroxyl groups excluding tert-OH is 5. The first-order chi connectivity index (χ1) is 69.0. The van der Waals surface area contributed by atoms with Crippen LogP contribution in [0.2, 0.25) is 0 Å². The number of benzene rings is 4. The quantitative estimate of drug-likeness (QED) is 0.0170. The van der Waals surface area contributed by atoms with Crippen LogP contribution in [0.5, 0.6) is 23.0 Å². The normalized spacial score (nSPS) is 18.3. The Kier molecular flexibility index (Phi) is 43.6. The van der Waals surface area contributed by atoms with Crippen LogP contribution in [0.25, 0.3) is 45.6 Å². The van der Waals surface area contributed by atoms with Crippen LogP contribution in [0.1, 0.15) is 159 Å². The molecule has 0 bridgehead atoms. The SMILES string of the molecule is CNCC(O)COc1cccc(-c2nc(C(=O)N(C)C)cc(N(C)C3CCOCC3)n2)c1.CNCC(O)COc1cccc(-c2nc(N(C)C3CCCCC3)cc(N(C)C3CCOCC3)n2)c1.CNCC(O)COc1cccc(-c2nc(N3CCC(O)(CCO)CC3)cc(N(C)C3CCCCC3)n2)c1.CNCC(O)COc1cccc(-c2nc(N3CCN(CC(F)(F)F)[C@@H](C)C3)cc(N(C)C3CCCCC3)n2)c1. The molecule has 4 aromatic carbocycles. The largest absolute Gasteiger partial charge is 0.491 e. The van der Waals surface area contributed by atoms with Gasteiger partial charge in [0.25, 0.3) is 5.91 Å². The van der Waals surface area contributed by atoms with Gasteiger partial charge in [0.15, 0.2) is 23.3 Å². The third-order valence-electron chi connectivity index (χ3n) is 28.1. The van der Waals surface area contributed by atoms with Crippen LogP contribution in [0, 0.1) is 0 Å². The molecule has 7 fully saturated rings. The van der Waals surface area contributed by atoms with Crippen molar-refractivity contribution in [3.8, 4) is 68.5 Å². The molecule has 5 atom stereocenters. The standard InChI is InChI=1S/C28H41F3N6O2.C28H43N5O4.C27H41N5O3.C23H33N5O4/c1-20-17-36(12-13-37(20)19-28(29,30)31)26-15-25(35(3)22-9-5-4-6-10-22)33-27(34-26)21-8-7-11-24(14-21)39-18-23(38)16-32-2;1-29-19-23(35)20-37-24-10-6-7-21(17-24)27-30-25(32(2)22-8-4-3-5-9-22)18-26(31-27)33-14-11-28(36,12-15-33)13-16-34;1-28-18-23(33)19-35-24-11-7-8-20(16-24)27-29-25(31(2)21-9-5-4-6-10-21)17-26(30-27)32(3)22-12-14-34-15-13-22;1-24-14-18(29)15-32-19-7-5-6-16(12-19)22-25-20(23(30)27(2)3)13-21(26-22)28(4)17-8-10-31-11-9-17/h7-8,11,14-15,20,22-23,32,38H,4-6,9-10,12-13,16-19H2,1-3H3;6-7,10,17-18,22-23,29,34-36H,3-5,8-9,11-16,19-20H2,1-2H3;7-8,11,16-17,21-23,28,33H,4-6,9-10,12-15,18-19H2,1-3H3;5-7,12-13,17-18,24,29H,8-11,14-15H2,1-4H3/t20-,23?;;;/m0.../s1. The summed E-state index contributed by atoms with van der Waals surface area (Å²) in [6, 6.07) is 40.1. The van der Waals surface area contributed by atoms with Gasteiger partial charge in [0, 0.05) is 224 Å². The molecular weight excluding hydrogens is 1830 g/mol. The van der Waals surface area contributed by atoms with Crippen molar-refractivity contribution in [2.45, 2.75) is 221 Å². The molecule has 15 rings (SSSR count). The Morgan fingerprint density at radius 1 is 0.427 bits per heavy atom. The van der Waals surface area contributed by atoms with Crippen LogP contribution < -0.4 is 74.5 Å². The number of piperazine rings is 1. The molecule has 0 radical (unpaired) electrons. The van der Waals surface area contributed by atoms with E-state index in [1.54, 1.807) is 41.3 Å². The van der Waals surface area contributed by atoms with Crippen molar-refractivity contribution in [1.29, 1.82) is 0 Å². The molecule has 3 aliphatic carbocycles. The van der Waals surface area contributed by atoms with E-state index in [0.717, 1.165) is 116 Å². The number of hydrogen-bond acceptors (Lipinski definition) is 33. The zero-order valence-electron chi connectivity index (χ0n) is 86.1. The van der Waals surface area contributed by atoms with E-state index in [1.165, 1.54) is 93.3 Å². The van der Waals surface area contributed by atoms with Crippen molar-refractivity contribution in [1.82, 2.24) is 70.9 Å². The lowest BCUT2D eigenvalue weighted by molar-refractivity contribution is -0.150. The van der Waals surface area contributed by atoms with Gasteiger partial charge < -0.3 is 120 Å². The predicted molar refractivity (Wildman–Crippen MR) is 557 cm³/mol. The number of nitrogens with one attached hydrogen (secondary N) is 4. The van der Waals surface area contributed by atoms with Crippen molar-refractivity contribution in [3.05, 3.63) is 127 Å². The van der Waals surface area contributed by atoms with Crippen molar-refractivity contribution in [3.63, 3.8) is 0 Å². The first-order valence-corrected chi connectivity index (χ1v) is 51.4. The summed E-state index contributed by atoms with van der Waals surface area (Å²) < 4.78 is 73.4. The summed E-state index contributed by atoms with van der Waals surface area (Å²) >= 11 is 0. The number of aliphatic hydroxyl groups is 6. The molecule has 34 nitrogen and oxygen atoms in total. The highest BCUT2D eigenvalue weighted by molar-refractivity contribution is 5.93. The lowest BCUT2D eigenvalue weighted by Crippen LogP contribution is -2.54. The predicted octanol–water partition coefficient (Wildman–Crippen LogP) is 11.4. The van der Waals surface area contributed by atoms with Crippen LogP contribution in [-0.2, 0) is 9.47 Å². The van der Waals surface area contributed by atoms with Crippen LogP contribution >= 0.6 is 0 Å². The molecule has 7 aliphatic rings. The average Bonchev–Trinajstić information content (AvgIpc) is 0.812. The first-order valence-electron chi connectivity index (χ1n) is 51.4. The molecule has 4 aromatic heterocycles. The van der Waals surface area contributed by atoms with Gasteiger partial charge in [0.05, 0.1) is 12.1 Å². The van der Waals surface area contributed by atoms with Crippen LogP contribution in [0.4, 0.5) is 53.9 Å². The fourth-order valence-corrected chi connectivity index (χ4v) is 19.4. The Hall–Kier alpha value is -10.3. The minimum Gasteiger partial charge on any atom is -0.491 e. The molecule has 37 heteroatoms. The molecule has 1 amide bonds. The number of alkyl halides is 3.